The molecule has 1 unspecified atom stereocenters. The van der Waals surface area contributed by atoms with Crippen LogP contribution >= 0.6 is 0 Å². The SMILES string of the molecule is [B][C@@H]1O[C@H](COC)C(OC)[C@@H]1OC[C@H](CN(C)C)OC. The fraction of sp³-hybridized carbons (Fsp3) is 1.00. The van der Waals surface area contributed by atoms with E-state index in [0.717, 1.165) is 6.54 Å². The van der Waals surface area contributed by atoms with Gasteiger partial charge in [-0.2, -0.15) is 0 Å². The molecular formula is C13H26BNO5. The largest absolute Gasteiger partial charge is 0.382 e. The van der Waals surface area contributed by atoms with Gasteiger partial charge in [0.1, 0.15) is 26.2 Å². The zero-order chi connectivity index (χ0) is 15.1. The van der Waals surface area contributed by atoms with Gasteiger partial charge in [-0.15, -0.1) is 0 Å². The zero-order valence-corrected chi connectivity index (χ0v) is 13.1. The predicted molar refractivity (Wildman–Crippen MR) is 76.2 cm³/mol. The lowest BCUT2D eigenvalue weighted by Crippen LogP contribution is -2.41. The number of methoxy groups -OCH3 is 3. The van der Waals surface area contributed by atoms with Gasteiger partial charge in [-0.05, 0) is 14.1 Å². The molecule has 0 saturated carbocycles. The van der Waals surface area contributed by atoms with Crippen molar-refractivity contribution in [1.29, 1.82) is 0 Å². The maximum atomic E-state index is 5.96. The highest BCUT2D eigenvalue weighted by Crippen LogP contribution is 2.25. The molecule has 2 radical (unpaired) electrons. The van der Waals surface area contributed by atoms with Crippen LogP contribution in [0.5, 0.6) is 0 Å². The van der Waals surface area contributed by atoms with Crippen molar-refractivity contribution in [1.82, 2.24) is 4.90 Å². The zero-order valence-electron chi connectivity index (χ0n) is 13.1. The molecule has 0 aromatic rings. The Morgan fingerprint density at radius 1 is 1.20 bits per heavy atom. The summed E-state index contributed by atoms with van der Waals surface area (Å²) in [7, 11) is 14.9. The minimum Gasteiger partial charge on any atom is -0.382 e. The van der Waals surface area contributed by atoms with Crippen LogP contribution in [0.2, 0.25) is 0 Å². The van der Waals surface area contributed by atoms with E-state index in [1.807, 2.05) is 19.0 Å². The van der Waals surface area contributed by atoms with Gasteiger partial charge in [-0.1, -0.05) is 0 Å². The van der Waals surface area contributed by atoms with Crippen LogP contribution in [-0.4, -0.2) is 98.3 Å². The minimum atomic E-state index is -0.517. The first kappa shape index (κ1) is 17.9. The van der Waals surface area contributed by atoms with E-state index in [1.54, 1.807) is 21.3 Å². The van der Waals surface area contributed by atoms with Gasteiger partial charge in [0.25, 0.3) is 0 Å². The molecule has 7 heteroatoms. The molecular weight excluding hydrogens is 261 g/mol. The molecule has 20 heavy (non-hydrogen) atoms. The van der Waals surface area contributed by atoms with E-state index in [1.165, 1.54) is 0 Å². The van der Waals surface area contributed by atoms with Gasteiger partial charge in [0, 0.05) is 33.9 Å². The Labute approximate surface area is 123 Å². The second kappa shape index (κ2) is 8.97. The molecule has 0 aromatic carbocycles. The van der Waals surface area contributed by atoms with E-state index in [2.05, 4.69) is 0 Å². The summed E-state index contributed by atoms with van der Waals surface area (Å²) in [6.07, 6.45) is -0.780. The molecule has 0 aliphatic carbocycles. The van der Waals surface area contributed by atoms with Crippen LogP contribution in [-0.2, 0) is 23.7 Å². The Kier molecular flexibility index (Phi) is 8.02. The second-order valence-electron chi connectivity index (χ2n) is 5.21. The predicted octanol–water partition coefficient (Wildman–Crippen LogP) is -0.497. The third kappa shape index (κ3) is 4.98. The van der Waals surface area contributed by atoms with Gasteiger partial charge in [-0.25, -0.2) is 0 Å². The lowest BCUT2D eigenvalue weighted by Gasteiger charge is -2.26. The summed E-state index contributed by atoms with van der Waals surface area (Å²) < 4.78 is 27.4. The van der Waals surface area contributed by atoms with Crippen LogP contribution in [0.1, 0.15) is 0 Å². The Morgan fingerprint density at radius 2 is 1.90 bits per heavy atom. The Balaban J connectivity index is 2.51. The Morgan fingerprint density at radius 3 is 2.40 bits per heavy atom. The first-order chi connectivity index (χ1) is 9.53. The van der Waals surface area contributed by atoms with Crippen molar-refractivity contribution in [2.75, 3.05) is 55.2 Å². The smallest absolute Gasteiger partial charge is 0.113 e. The highest BCUT2D eigenvalue weighted by atomic mass is 16.6. The average Bonchev–Trinajstić information content (AvgIpc) is 2.70. The molecule has 5 atom stereocenters. The number of hydrogen-bond donors (Lipinski definition) is 0. The summed E-state index contributed by atoms with van der Waals surface area (Å²) in [5.74, 6) is 0. The summed E-state index contributed by atoms with van der Waals surface area (Å²) in [6.45, 7) is 1.64. The van der Waals surface area contributed by atoms with Crippen molar-refractivity contribution in [2.45, 2.75) is 30.4 Å². The highest BCUT2D eigenvalue weighted by Gasteiger charge is 2.43. The van der Waals surface area contributed by atoms with Crippen molar-refractivity contribution in [3.63, 3.8) is 0 Å². The van der Waals surface area contributed by atoms with Gasteiger partial charge in [-0.3, -0.25) is 0 Å². The Hall–Kier alpha value is -0.175. The molecule has 1 aliphatic rings. The maximum absolute atomic E-state index is 5.96. The molecule has 0 amide bonds. The van der Waals surface area contributed by atoms with Gasteiger partial charge in [0.15, 0.2) is 0 Å². The fourth-order valence-corrected chi connectivity index (χ4v) is 2.35. The maximum Gasteiger partial charge on any atom is 0.113 e. The molecule has 1 fully saturated rings. The van der Waals surface area contributed by atoms with Crippen LogP contribution in [0.25, 0.3) is 0 Å². The second-order valence-corrected chi connectivity index (χ2v) is 5.21. The van der Waals surface area contributed by atoms with Crippen LogP contribution < -0.4 is 0 Å². The van der Waals surface area contributed by atoms with Crippen LogP contribution in [0.15, 0.2) is 0 Å². The number of ether oxygens (including phenoxy) is 5. The summed E-state index contributed by atoms with van der Waals surface area (Å²) in [6, 6.07) is -0.517. The van der Waals surface area contributed by atoms with E-state index in [4.69, 9.17) is 31.5 Å². The fourth-order valence-electron chi connectivity index (χ4n) is 2.35. The van der Waals surface area contributed by atoms with Gasteiger partial charge >= 0.3 is 0 Å². The van der Waals surface area contributed by atoms with E-state index in [9.17, 15) is 0 Å². The molecule has 1 aliphatic heterocycles. The topological polar surface area (TPSA) is 49.4 Å². The molecule has 0 bridgehead atoms. The number of rotatable bonds is 9. The van der Waals surface area contributed by atoms with E-state index in [-0.39, 0.29) is 24.4 Å². The molecule has 0 spiro atoms. The monoisotopic (exact) mass is 287 g/mol. The van der Waals surface area contributed by atoms with Crippen molar-refractivity contribution in [2.24, 2.45) is 0 Å². The summed E-state index contributed by atoms with van der Waals surface area (Å²) in [4.78, 5) is 2.05. The average molecular weight is 287 g/mol. The summed E-state index contributed by atoms with van der Waals surface area (Å²) in [5.41, 5.74) is 0. The quantitative estimate of drug-likeness (QED) is 0.533. The summed E-state index contributed by atoms with van der Waals surface area (Å²) in [5, 5.41) is 0. The first-order valence-corrected chi connectivity index (χ1v) is 6.75. The van der Waals surface area contributed by atoms with Crippen LogP contribution in [0.3, 0.4) is 0 Å². The Bertz CT molecular complexity index is 269. The summed E-state index contributed by atoms with van der Waals surface area (Å²) >= 11 is 0. The highest BCUT2D eigenvalue weighted by molar-refractivity contribution is 6.11. The number of hydrogen-bond acceptors (Lipinski definition) is 6. The third-order valence-corrected chi connectivity index (χ3v) is 3.33. The van der Waals surface area contributed by atoms with Crippen molar-refractivity contribution in [3.05, 3.63) is 0 Å². The standard InChI is InChI=1S/C13H26BNO5/c1-15(2)6-9(17-4)7-19-12-11(18-5)10(8-16-3)20-13(12)14/h9-13H,6-8H2,1-5H3/t9-,10+,11?,12-,13+/m0/s1. The number of nitrogens with zero attached hydrogens (tertiary/aromatic N) is 1. The normalized spacial score (nSPS) is 31.9. The molecule has 116 valence electrons. The van der Waals surface area contributed by atoms with Crippen molar-refractivity contribution < 1.29 is 23.7 Å². The lowest BCUT2D eigenvalue weighted by atomic mass is 9.92. The first-order valence-electron chi connectivity index (χ1n) is 6.75. The molecule has 6 nitrogen and oxygen atoms in total. The third-order valence-electron chi connectivity index (χ3n) is 3.33. The van der Waals surface area contributed by atoms with Crippen LogP contribution in [0.4, 0.5) is 0 Å². The van der Waals surface area contributed by atoms with Gasteiger partial charge < -0.3 is 28.6 Å². The van der Waals surface area contributed by atoms with Gasteiger partial charge in [0.05, 0.1) is 19.3 Å². The number of likely N-dealkylation sites (N-methyl/N-ethyl adjacent to an activating group) is 1. The molecule has 1 rings (SSSR count). The van der Waals surface area contributed by atoms with Gasteiger partial charge in [0.2, 0.25) is 0 Å². The minimum absolute atomic E-state index is 0.0174. The van der Waals surface area contributed by atoms with Crippen molar-refractivity contribution in [3.8, 4) is 0 Å². The van der Waals surface area contributed by atoms with E-state index in [0.29, 0.717) is 13.2 Å². The molecule has 0 N–H and O–H groups in total. The molecule has 1 heterocycles. The molecule has 1 saturated heterocycles. The van der Waals surface area contributed by atoms with E-state index < -0.39 is 6.00 Å². The van der Waals surface area contributed by atoms with Crippen molar-refractivity contribution >= 4 is 7.85 Å². The van der Waals surface area contributed by atoms with Crippen LogP contribution in [0, 0.1) is 0 Å². The lowest BCUT2D eigenvalue weighted by molar-refractivity contribution is -0.0818. The molecule has 0 aromatic heterocycles. The van der Waals surface area contributed by atoms with E-state index >= 15 is 0 Å².